The molecule has 426 valence electrons. The highest BCUT2D eigenvalue weighted by atomic mass is 16.5. The fourth-order valence-corrected chi connectivity index (χ4v) is 14.9. The summed E-state index contributed by atoms with van der Waals surface area (Å²) in [6.45, 7) is 20.2. The third kappa shape index (κ3) is 14.7. The average molecular weight is 1060 g/mol. The average Bonchev–Trinajstić information content (AvgIpc) is 3.93. The molecule has 0 spiro atoms. The van der Waals surface area contributed by atoms with Gasteiger partial charge in [-0.25, -0.2) is 0 Å². The van der Waals surface area contributed by atoms with Crippen molar-refractivity contribution in [3.8, 4) is 0 Å². The maximum Gasteiger partial charge on any atom is 0.319 e. The molecule has 6 saturated carbocycles. The quantitative estimate of drug-likeness (QED) is 0.0335. The fraction of sp³-hybridized carbons (Fsp3) is 0.758. The first-order chi connectivity index (χ1) is 35.9. The summed E-state index contributed by atoms with van der Waals surface area (Å²) in [6, 6.07) is 0. The van der Waals surface area contributed by atoms with Crippen LogP contribution in [0.5, 0.6) is 0 Å². The normalized spacial score (nSPS) is 34.1. The van der Waals surface area contributed by atoms with Gasteiger partial charge in [0.25, 0.3) is 0 Å². The monoisotopic (exact) mass is 1050 g/mol. The van der Waals surface area contributed by atoms with Gasteiger partial charge in [0.2, 0.25) is 0 Å². The molecule has 0 aromatic heterocycles. The lowest BCUT2D eigenvalue weighted by molar-refractivity contribution is -0.158. The van der Waals surface area contributed by atoms with Gasteiger partial charge in [0.15, 0.2) is 11.6 Å². The Labute approximate surface area is 458 Å². The van der Waals surface area contributed by atoms with Crippen molar-refractivity contribution in [2.75, 3.05) is 13.2 Å². The zero-order valence-electron chi connectivity index (χ0n) is 48.8. The van der Waals surface area contributed by atoms with Crippen molar-refractivity contribution in [3.63, 3.8) is 0 Å². The molecule has 6 fully saturated rings. The van der Waals surface area contributed by atoms with Crippen LogP contribution in [0, 0.1) is 69.0 Å². The number of hydrogen-bond donors (Lipinski definition) is 4. The van der Waals surface area contributed by atoms with E-state index >= 15 is 0 Å². The van der Waals surface area contributed by atoms with Crippen LogP contribution in [-0.4, -0.2) is 81.6 Å². The second kappa shape index (κ2) is 27.1. The van der Waals surface area contributed by atoms with E-state index in [1.54, 1.807) is 39.8 Å². The van der Waals surface area contributed by atoms with Crippen LogP contribution in [0.15, 0.2) is 70.9 Å². The Morgan fingerprint density at radius 2 is 1.01 bits per heavy atom. The Hall–Kier alpha value is -3.44. The van der Waals surface area contributed by atoms with Gasteiger partial charge >= 0.3 is 11.9 Å². The Morgan fingerprint density at radius 3 is 1.49 bits per heavy atom. The lowest BCUT2D eigenvalue weighted by Gasteiger charge is -2.44. The molecule has 4 N–H and O–H groups in total. The van der Waals surface area contributed by atoms with Crippen molar-refractivity contribution >= 4 is 23.5 Å². The summed E-state index contributed by atoms with van der Waals surface area (Å²) >= 11 is 0. The van der Waals surface area contributed by atoms with E-state index in [1.807, 2.05) is 19.9 Å². The third-order valence-corrected chi connectivity index (χ3v) is 20.6. The summed E-state index contributed by atoms with van der Waals surface area (Å²) in [4.78, 5) is 54.1. The van der Waals surface area contributed by atoms with E-state index in [9.17, 15) is 39.6 Å². The van der Waals surface area contributed by atoms with Gasteiger partial charge in [-0.3, -0.25) is 19.2 Å². The van der Waals surface area contributed by atoms with Gasteiger partial charge in [-0.1, -0.05) is 132 Å². The SMILES string of the molecule is CCCCCOC(=O)C(C)(C)C(=O)/C=C/[C@@H](CCCCCCOC(=O)C(C)(C)C(=O)/C=C/[C@H](C)[C@H]1CC[C@H]2/C(=C/C=C3C[C@@H](O)C(C)[C@H](O)C3)CCC[C@]12C)[C@H]1CC[C@H]2/C(=C/C=C3C[C@@H](O)C(C)[C@H](O)C3)CCC[C@]12C. The highest BCUT2D eigenvalue weighted by molar-refractivity contribution is 6.09. The summed E-state index contributed by atoms with van der Waals surface area (Å²) < 4.78 is 11.3. The second-order valence-corrected chi connectivity index (χ2v) is 26.5. The molecule has 6 aliphatic rings. The number of esters is 2. The number of carbonyl (C=O) groups is 4. The number of fused-ring (bicyclic) bond motifs is 2. The van der Waals surface area contributed by atoms with E-state index in [4.69, 9.17) is 9.47 Å². The molecule has 0 bridgehead atoms. The molecule has 6 rings (SSSR count). The van der Waals surface area contributed by atoms with E-state index in [-0.39, 0.29) is 52.7 Å². The number of unbranched alkanes of at least 4 members (excludes halogenated alkanes) is 5. The molecule has 10 heteroatoms. The predicted octanol–water partition coefficient (Wildman–Crippen LogP) is 13.2. The van der Waals surface area contributed by atoms with Gasteiger partial charge in [-0.05, 0) is 195 Å². The summed E-state index contributed by atoms with van der Waals surface area (Å²) in [6.07, 6.45) is 34.6. The van der Waals surface area contributed by atoms with Crippen LogP contribution in [0.25, 0.3) is 0 Å². The maximum atomic E-state index is 13.8. The molecular weight excluding hydrogens is 953 g/mol. The second-order valence-electron chi connectivity index (χ2n) is 26.5. The van der Waals surface area contributed by atoms with Gasteiger partial charge in [0.05, 0.1) is 37.6 Å². The van der Waals surface area contributed by atoms with Crippen molar-refractivity contribution in [1.82, 2.24) is 0 Å². The lowest BCUT2D eigenvalue weighted by atomic mass is 9.60. The topological polar surface area (TPSA) is 168 Å². The number of aliphatic hydroxyl groups excluding tert-OH is 4. The van der Waals surface area contributed by atoms with Gasteiger partial charge in [-0.15, -0.1) is 0 Å². The number of ether oxygens (including phenoxy) is 2. The summed E-state index contributed by atoms with van der Waals surface area (Å²) in [5.41, 5.74) is 2.70. The summed E-state index contributed by atoms with van der Waals surface area (Å²) in [7, 11) is 0. The standard InChI is InChI=1S/C66H102O10/c1-11-12-16-37-75-62(74)64(7,8)60(72)34-28-48(53-31-32-54-50(22-19-36-66(53,54)10)27-25-47-41-57(69)45(4)58(70)42-47)20-15-13-14-17-38-76-61(73)63(5,6)59(71)33-23-43(2)51-29-30-52-49(21-18-35-65(51,52)9)26-24-46-39-55(67)44(3)56(68)40-46/h23-28,33-34,43-45,48,51-58,67-70H,11-22,29-32,35-42H2,1-10H3/b33-23+,34-28+,46-24?,47-25?,49-26+,50-27+/t43-,44?,45?,48+,51+,52-,53+,54-,55+,56+,57+,58+,65+,66+/m0/s1. The van der Waals surface area contributed by atoms with Crippen LogP contribution in [-0.2, 0) is 28.7 Å². The Balaban J connectivity index is 1.01. The van der Waals surface area contributed by atoms with Crippen LogP contribution in [0.1, 0.15) is 210 Å². The molecule has 0 aromatic carbocycles. The minimum atomic E-state index is -1.30. The van der Waals surface area contributed by atoms with E-state index in [0.717, 1.165) is 120 Å². The Bertz CT molecular complexity index is 2160. The first-order valence-electron chi connectivity index (χ1n) is 30.2. The smallest absolute Gasteiger partial charge is 0.319 e. The zero-order valence-corrected chi connectivity index (χ0v) is 48.8. The molecule has 0 aromatic rings. The van der Waals surface area contributed by atoms with E-state index in [0.29, 0.717) is 62.4 Å². The highest BCUT2D eigenvalue weighted by Gasteiger charge is 2.52. The largest absolute Gasteiger partial charge is 0.465 e. The Kier molecular flexibility index (Phi) is 22.1. The van der Waals surface area contributed by atoms with E-state index in [1.165, 1.54) is 11.1 Å². The van der Waals surface area contributed by atoms with E-state index < -0.39 is 47.2 Å². The van der Waals surface area contributed by atoms with E-state index in [2.05, 4.69) is 58.1 Å². The van der Waals surface area contributed by atoms with Crippen molar-refractivity contribution in [3.05, 3.63) is 70.9 Å². The molecule has 0 saturated heterocycles. The maximum absolute atomic E-state index is 13.8. The predicted molar refractivity (Wildman–Crippen MR) is 303 cm³/mol. The minimum Gasteiger partial charge on any atom is -0.465 e. The third-order valence-electron chi connectivity index (χ3n) is 20.6. The minimum absolute atomic E-state index is 0.0420. The van der Waals surface area contributed by atoms with Crippen molar-refractivity contribution < 1.29 is 49.1 Å². The molecule has 10 nitrogen and oxygen atoms in total. The van der Waals surface area contributed by atoms with Crippen molar-refractivity contribution in [2.45, 2.75) is 235 Å². The number of rotatable bonds is 23. The molecule has 76 heavy (non-hydrogen) atoms. The molecule has 6 aliphatic carbocycles. The zero-order chi connectivity index (χ0) is 55.6. The molecular formula is C66H102O10. The number of allylic oxidation sites excluding steroid dienone is 10. The first kappa shape index (κ1) is 61.8. The molecule has 0 aliphatic heterocycles. The molecule has 0 amide bonds. The molecule has 0 radical (unpaired) electrons. The summed E-state index contributed by atoms with van der Waals surface area (Å²) in [5.74, 6) is 0.263. The lowest BCUT2D eigenvalue weighted by Crippen LogP contribution is -2.37. The number of aliphatic hydroxyl groups is 4. The first-order valence-corrected chi connectivity index (χ1v) is 30.2. The van der Waals surface area contributed by atoms with Crippen LogP contribution < -0.4 is 0 Å². The summed E-state index contributed by atoms with van der Waals surface area (Å²) in [5, 5.41) is 42.1. The van der Waals surface area contributed by atoms with Gasteiger partial charge < -0.3 is 29.9 Å². The van der Waals surface area contributed by atoms with Crippen LogP contribution in [0.3, 0.4) is 0 Å². The number of hydrogen-bond acceptors (Lipinski definition) is 10. The van der Waals surface area contributed by atoms with Crippen molar-refractivity contribution in [2.24, 2.45) is 69.0 Å². The van der Waals surface area contributed by atoms with Gasteiger partial charge in [0, 0.05) is 11.8 Å². The van der Waals surface area contributed by atoms with Crippen molar-refractivity contribution in [1.29, 1.82) is 0 Å². The van der Waals surface area contributed by atoms with Gasteiger partial charge in [-0.2, -0.15) is 0 Å². The number of ketones is 2. The highest BCUT2D eigenvalue weighted by Crippen LogP contribution is 2.61. The molecule has 0 unspecified atom stereocenters. The Morgan fingerprint density at radius 1 is 0.592 bits per heavy atom. The number of carbonyl (C=O) groups excluding carboxylic acids is 4. The van der Waals surface area contributed by atoms with Crippen LogP contribution in [0.2, 0.25) is 0 Å². The van der Waals surface area contributed by atoms with Gasteiger partial charge in [0.1, 0.15) is 10.8 Å². The van der Waals surface area contributed by atoms with Crippen LogP contribution in [0.4, 0.5) is 0 Å². The molecule has 0 heterocycles. The van der Waals surface area contributed by atoms with Crippen LogP contribution >= 0.6 is 0 Å². The fourth-order valence-electron chi connectivity index (χ4n) is 14.9. The molecule has 12 atom stereocenters.